The topological polar surface area (TPSA) is 88.3 Å². The van der Waals surface area contributed by atoms with Gasteiger partial charge in [0.05, 0.1) is 0 Å². The predicted octanol–water partition coefficient (Wildman–Crippen LogP) is 1.48. The number of carbonyl (C=O) groups is 2. The van der Waals surface area contributed by atoms with Crippen molar-refractivity contribution in [2.24, 2.45) is 0 Å². The number of rotatable bonds is 6. The number of likely N-dealkylation sites (tertiary alicyclic amines) is 1. The average molecular weight is 314 g/mol. The molecular weight excluding hydrogens is 296 g/mol. The molecule has 7 nitrogen and oxygen atoms in total. The highest BCUT2D eigenvalue weighted by molar-refractivity contribution is 5.89. The maximum atomic E-state index is 12.0. The van der Waals surface area contributed by atoms with Gasteiger partial charge in [-0.25, -0.2) is 0 Å². The molecule has 1 N–H and O–H groups in total. The van der Waals surface area contributed by atoms with E-state index in [1.807, 2.05) is 35.2 Å². The lowest BCUT2D eigenvalue weighted by Crippen LogP contribution is -2.30. The number of aromatic nitrogens is 2. The summed E-state index contributed by atoms with van der Waals surface area (Å²) in [6, 6.07) is 9.28. The Kier molecular flexibility index (Phi) is 4.65. The molecule has 0 aliphatic carbocycles. The number of carbonyl (C=O) groups excluding carboxylic acids is 2. The van der Waals surface area contributed by atoms with Crippen LogP contribution in [0.1, 0.15) is 29.9 Å². The van der Waals surface area contributed by atoms with Crippen LogP contribution in [0.2, 0.25) is 0 Å². The van der Waals surface area contributed by atoms with E-state index >= 15 is 0 Å². The van der Waals surface area contributed by atoms with Crippen LogP contribution in [0.4, 0.5) is 0 Å². The monoisotopic (exact) mass is 314 g/mol. The Bertz CT molecular complexity index is 684. The number of hydrogen-bond acceptors (Lipinski definition) is 5. The highest BCUT2D eigenvalue weighted by atomic mass is 16.4. The fourth-order valence-electron chi connectivity index (χ4n) is 2.50. The second-order valence-electron chi connectivity index (χ2n) is 5.37. The molecule has 0 unspecified atom stereocenters. The summed E-state index contributed by atoms with van der Waals surface area (Å²) in [5.41, 5.74) is 0.770. The molecule has 1 aromatic heterocycles. The Labute approximate surface area is 133 Å². The van der Waals surface area contributed by atoms with Crippen molar-refractivity contribution < 1.29 is 14.0 Å². The number of hydrogen-bond donors (Lipinski definition) is 1. The van der Waals surface area contributed by atoms with Crippen LogP contribution < -0.4 is 5.32 Å². The summed E-state index contributed by atoms with van der Waals surface area (Å²) < 4.78 is 5.38. The lowest BCUT2D eigenvalue weighted by atomic mass is 10.2. The Hall–Kier alpha value is -2.70. The highest BCUT2D eigenvalue weighted by Gasteiger charge is 2.19. The smallest absolute Gasteiger partial charge is 0.308 e. The molecule has 2 heterocycles. The van der Waals surface area contributed by atoms with E-state index < -0.39 is 5.91 Å². The zero-order valence-corrected chi connectivity index (χ0v) is 12.7. The van der Waals surface area contributed by atoms with Crippen molar-refractivity contribution in [3.05, 3.63) is 36.2 Å². The van der Waals surface area contributed by atoms with E-state index in [1.54, 1.807) is 0 Å². The molecule has 1 saturated heterocycles. The first kappa shape index (κ1) is 15.2. The minimum Gasteiger partial charge on any atom is -0.412 e. The molecule has 23 heavy (non-hydrogen) atoms. The van der Waals surface area contributed by atoms with Crippen LogP contribution in [-0.4, -0.2) is 46.5 Å². The van der Waals surface area contributed by atoms with E-state index in [9.17, 15) is 9.59 Å². The quantitative estimate of drug-likeness (QED) is 0.816. The van der Waals surface area contributed by atoms with Crippen LogP contribution in [-0.2, 0) is 4.79 Å². The average Bonchev–Trinajstić information content (AvgIpc) is 3.22. The van der Waals surface area contributed by atoms with Crippen molar-refractivity contribution in [3.63, 3.8) is 0 Å². The second-order valence-corrected chi connectivity index (χ2v) is 5.37. The molecular formula is C16H18N4O3. The summed E-state index contributed by atoms with van der Waals surface area (Å²) >= 11 is 0. The summed E-state index contributed by atoms with van der Waals surface area (Å²) in [7, 11) is 0. The van der Waals surface area contributed by atoms with Gasteiger partial charge in [-0.15, -0.1) is 10.2 Å². The summed E-state index contributed by atoms with van der Waals surface area (Å²) in [5.74, 6) is 0.0627. The normalized spacial score (nSPS) is 14.3. The first-order valence-corrected chi connectivity index (χ1v) is 7.69. The molecule has 120 valence electrons. The maximum Gasteiger partial charge on any atom is 0.308 e. The van der Waals surface area contributed by atoms with Crippen LogP contribution in [0.25, 0.3) is 11.5 Å². The fourth-order valence-corrected chi connectivity index (χ4v) is 2.50. The van der Waals surface area contributed by atoms with E-state index in [-0.39, 0.29) is 11.8 Å². The van der Waals surface area contributed by atoms with Crippen LogP contribution in [0.3, 0.4) is 0 Å². The molecule has 1 fully saturated rings. The summed E-state index contributed by atoms with van der Waals surface area (Å²) in [4.78, 5) is 25.3. The second kappa shape index (κ2) is 7.04. The summed E-state index contributed by atoms with van der Waals surface area (Å²) in [6.45, 7) is 1.95. The molecule has 2 amide bonds. The molecule has 1 aliphatic heterocycles. The van der Waals surface area contributed by atoms with E-state index in [1.165, 1.54) is 0 Å². The number of nitrogens with one attached hydrogen (secondary N) is 1. The van der Waals surface area contributed by atoms with Crippen molar-refractivity contribution in [1.82, 2.24) is 20.4 Å². The van der Waals surface area contributed by atoms with Crippen LogP contribution >= 0.6 is 0 Å². The Morgan fingerprint density at radius 3 is 2.83 bits per heavy atom. The van der Waals surface area contributed by atoms with Gasteiger partial charge in [-0.2, -0.15) is 0 Å². The molecule has 1 aromatic carbocycles. The van der Waals surface area contributed by atoms with Crippen molar-refractivity contribution >= 4 is 11.8 Å². The SMILES string of the molecule is O=C(NCCCN1CCCC1=O)c1nnc(-c2ccccc2)o1. The van der Waals surface area contributed by atoms with Crippen LogP contribution in [0.15, 0.2) is 34.7 Å². The number of amides is 2. The van der Waals surface area contributed by atoms with Crippen LogP contribution in [0.5, 0.6) is 0 Å². The minimum atomic E-state index is -0.396. The highest BCUT2D eigenvalue weighted by Crippen LogP contribution is 2.16. The van der Waals surface area contributed by atoms with Gasteiger partial charge in [0.15, 0.2) is 0 Å². The van der Waals surface area contributed by atoms with Gasteiger partial charge in [-0.1, -0.05) is 18.2 Å². The number of nitrogens with zero attached hydrogens (tertiary/aromatic N) is 3. The van der Waals surface area contributed by atoms with Gasteiger partial charge in [-0.3, -0.25) is 9.59 Å². The van der Waals surface area contributed by atoms with Gasteiger partial charge in [0.25, 0.3) is 0 Å². The Morgan fingerprint density at radius 2 is 2.09 bits per heavy atom. The van der Waals surface area contributed by atoms with Crippen molar-refractivity contribution in [3.8, 4) is 11.5 Å². The standard InChI is InChI=1S/C16H18N4O3/c21-13-8-4-10-20(13)11-5-9-17-14(22)16-19-18-15(23-16)12-6-2-1-3-7-12/h1-3,6-7H,4-5,8-11H2,(H,17,22). The largest absolute Gasteiger partial charge is 0.412 e. The summed E-state index contributed by atoms with van der Waals surface area (Å²) in [5, 5.41) is 10.4. The third kappa shape index (κ3) is 3.74. The third-order valence-electron chi connectivity index (χ3n) is 3.70. The van der Waals surface area contributed by atoms with E-state index in [0.29, 0.717) is 31.8 Å². The Morgan fingerprint density at radius 1 is 1.26 bits per heavy atom. The third-order valence-corrected chi connectivity index (χ3v) is 3.70. The zero-order valence-electron chi connectivity index (χ0n) is 12.7. The van der Waals surface area contributed by atoms with Gasteiger partial charge in [-0.05, 0) is 25.0 Å². The van der Waals surface area contributed by atoms with E-state index in [4.69, 9.17) is 4.42 Å². The lowest BCUT2D eigenvalue weighted by molar-refractivity contribution is -0.127. The molecule has 0 spiro atoms. The molecule has 0 saturated carbocycles. The van der Waals surface area contributed by atoms with Gasteiger partial charge < -0.3 is 14.6 Å². The van der Waals surface area contributed by atoms with Gasteiger partial charge in [0.2, 0.25) is 11.8 Å². The molecule has 1 aliphatic rings. The van der Waals surface area contributed by atoms with Gasteiger partial charge in [0.1, 0.15) is 0 Å². The molecule has 0 atom stereocenters. The predicted molar refractivity (Wildman–Crippen MR) is 82.5 cm³/mol. The van der Waals surface area contributed by atoms with Gasteiger partial charge >= 0.3 is 11.8 Å². The number of benzene rings is 1. The first-order valence-electron chi connectivity index (χ1n) is 7.69. The van der Waals surface area contributed by atoms with E-state index in [0.717, 1.165) is 18.5 Å². The molecule has 3 rings (SSSR count). The van der Waals surface area contributed by atoms with Gasteiger partial charge in [0, 0.05) is 31.6 Å². The molecule has 7 heteroatoms. The molecule has 0 bridgehead atoms. The zero-order chi connectivity index (χ0) is 16.1. The Balaban J connectivity index is 1.47. The van der Waals surface area contributed by atoms with Crippen molar-refractivity contribution in [1.29, 1.82) is 0 Å². The first-order chi connectivity index (χ1) is 11.2. The molecule has 2 aromatic rings. The minimum absolute atomic E-state index is 0.0545. The maximum absolute atomic E-state index is 12.0. The van der Waals surface area contributed by atoms with Crippen molar-refractivity contribution in [2.75, 3.05) is 19.6 Å². The van der Waals surface area contributed by atoms with E-state index in [2.05, 4.69) is 15.5 Å². The lowest BCUT2D eigenvalue weighted by Gasteiger charge is -2.14. The fraction of sp³-hybridized carbons (Fsp3) is 0.375. The van der Waals surface area contributed by atoms with Crippen LogP contribution in [0, 0.1) is 0 Å². The van der Waals surface area contributed by atoms with Crippen molar-refractivity contribution in [2.45, 2.75) is 19.3 Å². The molecule has 0 radical (unpaired) electrons. The summed E-state index contributed by atoms with van der Waals surface area (Å²) in [6.07, 6.45) is 2.27.